The molecule has 4 nitrogen and oxygen atoms in total. The van der Waals surface area contributed by atoms with Gasteiger partial charge >= 0.3 is 0 Å². The molecule has 2 N–H and O–H groups in total. The average Bonchev–Trinajstić information content (AvgIpc) is 2.65. The molecule has 0 fully saturated rings. The van der Waals surface area contributed by atoms with E-state index in [-0.39, 0.29) is 0 Å². The average molecular weight is 239 g/mol. The molecule has 0 saturated heterocycles. The second-order valence-corrected chi connectivity index (χ2v) is 4.53. The van der Waals surface area contributed by atoms with E-state index < -0.39 is 0 Å². The highest BCUT2D eigenvalue weighted by Gasteiger charge is 2.11. The zero-order valence-corrected chi connectivity index (χ0v) is 10.2. The van der Waals surface area contributed by atoms with Crippen molar-refractivity contribution in [1.82, 2.24) is 14.8 Å². The fourth-order valence-electron chi connectivity index (χ4n) is 1.71. The Hall–Kier alpha value is -1.13. The predicted octanol–water partition coefficient (Wildman–Crippen LogP) is 1.76. The van der Waals surface area contributed by atoms with Gasteiger partial charge in [0.2, 0.25) is 0 Å². The van der Waals surface area contributed by atoms with Crippen molar-refractivity contribution in [1.29, 1.82) is 0 Å². The Labute approximate surface area is 99.4 Å². The second-order valence-electron chi connectivity index (χ2n) is 4.15. The van der Waals surface area contributed by atoms with Crippen LogP contribution in [0.15, 0.2) is 12.4 Å². The molecule has 0 aliphatic carbocycles. The number of hydrogen-bond acceptors (Lipinski definition) is 3. The third kappa shape index (κ3) is 1.90. The summed E-state index contributed by atoms with van der Waals surface area (Å²) in [7, 11) is 1.86. The van der Waals surface area contributed by atoms with E-state index in [2.05, 4.69) is 17.0 Å². The molecule has 86 valence electrons. The molecule has 16 heavy (non-hydrogen) atoms. The van der Waals surface area contributed by atoms with Gasteiger partial charge in [0.25, 0.3) is 0 Å². The lowest BCUT2D eigenvalue weighted by Crippen LogP contribution is -2.13. The minimum atomic E-state index is 0.411. The lowest BCUT2D eigenvalue weighted by atomic mass is 10.0. The molecule has 0 bridgehead atoms. The maximum Gasteiger partial charge on any atom is 0.158 e. The Morgan fingerprint density at radius 2 is 2.25 bits per heavy atom. The van der Waals surface area contributed by atoms with E-state index in [1.54, 1.807) is 10.9 Å². The summed E-state index contributed by atoms with van der Waals surface area (Å²) in [6.45, 7) is 2.76. The molecule has 1 atom stereocenters. The van der Waals surface area contributed by atoms with Gasteiger partial charge in [0.05, 0.1) is 16.6 Å². The van der Waals surface area contributed by atoms with E-state index in [1.807, 2.05) is 13.2 Å². The van der Waals surface area contributed by atoms with E-state index in [1.165, 1.54) is 0 Å². The normalized spacial score (nSPS) is 13.2. The van der Waals surface area contributed by atoms with E-state index in [0.29, 0.717) is 12.5 Å². The summed E-state index contributed by atoms with van der Waals surface area (Å²) in [5.41, 5.74) is 7.46. The van der Waals surface area contributed by atoms with Crippen LogP contribution >= 0.6 is 11.6 Å². The summed E-state index contributed by atoms with van der Waals surface area (Å²) in [6.07, 6.45) is 4.42. The minimum Gasteiger partial charge on any atom is -0.330 e. The van der Waals surface area contributed by atoms with Gasteiger partial charge in [-0.3, -0.25) is 4.68 Å². The van der Waals surface area contributed by atoms with Crippen molar-refractivity contribution in [3.63, 3.8) is 0 Å². The van der Waals surface area contributed by atoms with Crippen LogP contribution in [0.2, 0.25) is 5.02 Å². The Morgan fingerprint density at radius 1 is 1.50 bits per heavy atom. The molecule has 2 heterocycles. The Bertz CT molecular complexity index is 506. The van der Waals surface area contributed by atoms with Gasteiger partial charge in [-0.1, -0.05) is 18.5 Å². The summed E-state index contributed by atoms with van der Waals surface area (Å²) in [5.74, 6) is 0.411. The Balaban J connectivity index is 2.44. The van der Waals surface area contributed by atoms with Crippen molar-refractivity contribution in [3.8, 4) is 0 Å². The van der Waals surface area contributed by atoms with Crippen molar-refractivity contribution in [3.05, 3.63) is 23.0 Å². The Kier molecular flexibility index (Phi) is 3.12. The van der Waals surface area contributed by atoms with Crippen LogP contribution in [0.5, 0.6) is 0 Å². The standard InChI is InChI=1S/C11H15ClN4/c1-7(4-13)3-8-5-14-11-9(10(8)12)6-15-16(11)2/h5-7H,3-4,13H2,1-2H3. The van der Waals surface area contributed by atoms with Gasteiger partial charge in [0.1, 0.15) is 0 Å². The smallest absolute Gasteiger partial charge is 0.158 e. The Morgan fingerprint density at radius 3 is 2.94 bits per heavy atom. The molecule has 2 rings (SSSR count). The number of nitrogens with zero attached hydrogens (tertiary/aromatic N) is 3. The largest absolute Gasteiger partial charge is 0.330 e. The van der Waals surface area contributed by atoms with Crippen molar-refractivity contribution in [2.24, 2.45) is 18.7 Å². The molecule has 0 spiro atoms. The highest BCUT2D eigenvalue weighted by atomic mass is 35.5. The molecule has 0 amide bonds. The minimum absolute atomic E-state index is 0.411. The van der Waals surface area contributed by atoms with Crippen LogP contribution in [0.25, 0.3) is 11.0 Å². The van der Waals surface area contributed by atoms with Gasteiger partial charge in [0, 0.05) is 13.2 Å². The number of rotatable bonds is 3. The number of halogens is 1. The summed E-state index contributed by atoms with van der Waals surface area (Å²) in [6, 6.07) is 0. The van der Waals surface area contributed by atoms with E-state index in [4.69, 9.17) is 17.3 Å². The predicted molar refractivity (Wildman–Crippen MR) is 65.4 cm³/mol. The summed E-state index contributed by atoms with van der Waals surface area (Å²) >= 11 is 6.32. The zero-order chi connectivity index (χ0) is 11.7. The van der Waals surface area contributed by atoms with Gasteiger partial charge in [-0.15, -0.1) is 0 Å². The number of nitrogens with two attached hydrogens (primary N) is 1. The van der Waals surface area contributed by atoms with Crippen LogP contribution in [0.3, 0.4) is 0 Å². The first-order valence-corrected chi connectivity index (χ1v) is 5.66. The maximum atomic E-state index is 6.32. The molecule has 0 aliphatic heterocycles. The maximum absolute atomic E-state index is 6.32. The summed E-state index contributed by atoms with van der Waals surface area (Å²) in [4.78, 5) is 4.36. The molecular weight excluding hydrogens is 224 g/mol. The van der Waals surface area contributed by atoms with Crippen molar-refractivity contribution in [2.75, 3.05) is 6.54 Å². The highest BCUT2D eigenvalue weighted by molar-refractivity contribution is 6.35. The number of pyridine rings is 1. The van der Waals surface area contributed by atoms with Crippen LogP contribution in [0.1, 0.15) is 12.5 Å². The highest BCUT2D eigenvalue weighted by Crippen LogP contribution is 2.26. The van der Waals surface area contributed by atoms with E-state index in [0.717, 1.165) is 28.0 Å². The lowest BCUT2D eigenvalue weighted by Gasteiger charge is -2.09. The van der Waals surface area contributed by atoms with Gasteiger partial charge < -0.3 is 5.73 Å². The first-order valence-electron chi connectivity index (χ1n) is 5.28. The quantitative estimate of drug-likeness (QED) is 0.887. The van der Waals surface area contributed by atoms with Gasteiger partial charge in [-0.2, -0.15) is 5.10 Å². The summed E-state index contributed by atoms with van der Waals surface area (Å²) < 4.78 is 1.72. The fourth-order valence-corrected chi connectivity index (χ4v) is 1.97. The SMILES string of the molecule is CC(CN)Cc1cnc2c(cnn2C)c1Cl. The monoisotopic (exact) mass is 238 g/mol. The topological polar surface area (TPSA) is 56.7 Å². The molecule has 0 aromatic carbocycles. The van der Waals surface area contributed by atoms with E-state index >= 15 is 0 Å². The molecular formula is C11H15ClN4. The van der Waals surface area contributed by atoms with Crippen LogP contribution in [-0.2, 0) is 13.5 Å². The molecule has 5 heteroatoms. The first-order chi connectivity index (χ1) is 7.63. The third-order valence-corrected chi connectivity index (χ3v) is 3.19. The van der Waals surface area contributed by atoms with Crippen molar-refractivity contribution in [2.45, 2.75) is 13.3 Å². The van der Waals surface area contributed by atoms with E-state index in [9.17, 15) is 0 Å². The molecule has 0 saturated carbocycles. The second kappa shape index (κ2) is 4.39. The van der Waals surface area contributed by atoms with Crippen LogP contribution in [-0.4, -0.2) is 21.3 Å². The van der Waals surface area contributed by atoms with Crippen molar-refractivity contribution < 1.29 is 0 Å². The third-order valence-electron chi connectivity index (χ3n) is 2.74. The van der Waals surface area contributed by atoms with Gasteiger partial charge in [0.15, 0.2) is 5.65 Å². The van der Waals surface area contributed by atoms with Crippen LogP contribution in [0.4, 0.5) is 0 Å². The van der Waals surface area contributed by atoms with Crippen molar-refractivity contribution >= 4 is 22.6 Å². The molecule has 2 aromatic rings. The van der Waals surface area contributed by atoms with Crippen LogP contribution in [0, 0.1) is 5.92 Å². The van der Waals surface area contributed by atoms with Gasteiger partial charge in [-0.25, -0.2) is 4.98 Å². The fraction of sp³-hybridized carbons (Fsp3) is 0.455. The number of aryl methyl sites for hydroxylation is 1. The van der Waals surface area contributed by atoms with Gasteiger partial charge in [-0.05, 0) is 24.4 Å². The number of fused-ring (bicyclic) bond motifs is 1. The zero-order valence-electron chi connectivity index (χ0n) is 9.44. The molecule has 0 radical (unpaired) electrons. The number of aromatic nitrogens is 3. The molecule has 0 aliphatic rings. The number of hydrogen-bond donors (Lipinski definition) is 1. The lowest BCUT2D eigenvalue weighted by molar-refractivity contribution is 0.592. The first kappa shape index (κ1) is 11.4. The molecule has 2 aromatic heterocycles. The van der Waals surface area contributed by atoms with Crippen LogP contribution < -0.4 is 5.73 Å². The molecule has 1 unspecified atom stereocenters. The summed E-state index contributed by atoms with van der Waals surface area (Å²) in [5, 5.41) is 5.80.